The molecule has 2 aromatic rings. The van der Waals surface area contributed by atoms with E-state index in [0.717, 1.165) is 29.5 Å². The van der Waals surface area contributed by atoms with Gasteiger partial charge in [0.05, 0.1) is 5.52 Å². The summed E-state index contributed by atoms with van der Waals surface area (Å²) in [5.74, 6) is 0.435. The zero-order valence-electron chi connectivity index (χ0n) is 9.55. The van der Waals surface area contributed by atoms with Crippen molar-refractivity contribution in [3.8, 4) is 0 Å². The Morgan fingerprint density at radius 2 is 2.25 bits per heavy atom. The summed E-state index contributed by atoms with van der Waals surface area (Å²) in [7, 11) is 0. The number of halogens is 1. The van der Waals surface area contributed by atoms with Crippen molar-refractivity contribution in [3.63, 3.8) is 0 Å². The van der Waals surface area contributed by atoms with Crippen molar-refractivity contribution in [1.82, 2.24) is 4.98 Å². The third kappa shape index (κ3) is 1.19. The SMILES string of the molecule is Cc1c(F)cc2nccc3c2c1CCC3C. The van der Waals surface area contributed by atoms with E-state index in [2.05, 4.69) is 18.0 Å². The summed E-state index contributed by atoms with van der Waals surface area (Å²) < 4.78 is 13.7. The lowest BCUT2D eigenvalue weighted by Crippen LogP contribution is -2.09. The van der Waals surface area contributed by atoms with E-state index in [0.29, 0.717) is 5.92 Å². The van der Waals surface area contributed by atoms with E-state index < -0.39 is 0 Å². The molecule has 82 valence electrons. The van der Waals surface area contributed by atoms with Gasteiger partial charge in [-0.25, -0.2) is 4.39 Å². The monoisotopic (exact) mass is 215 g/mol. The number of hydrogen-bond donors (Lipinski definition) is 0. The highest BCUT2D eigenvalue weighted by Gasteiger charge is 2.21. The zero-order chi connectivity index (χ0) is 11.3. The first-order chi connectivity index (χ1) is 7.68. The molecule has 3 rings (SSSR count). The van der Waals surface area contributed by atoms with Crippen LogP contribution in [-0.4, -0.2) is 4.98 Å². The van der Waals surface area contributed by atoms with Crippen molar-refractivity contribution >= 4 is 10.9 Å². The van der Waals surface area contributed by atoms with Gasteiger partial charge in [-0.1, -0.05) is 6.92 Å². The van der Waals surface area contributed by atoms with Crippen molar-refractivity contribution in [2.24, 2.45) is 0 Å². The van der Waals surface area contributed by atoms with E-state index in [1.165, 1.54) is 10.9 Å². The summed E-state index contributed by atoms with van der Waals surface area (Å²) in [6.07, 6.45) is 3.87. The molecular weight excluding hydrogens is 201 g/mol. The Kier molecular flexibility index (Phi) is 2.00. The van der Waals surface area contributed by atoms with E-state index in [4.69, 9.17) is 0 Å². The Balaban J connectivity index is 2.49. The molecule has 0 amide bonds. The molecule has 1 atom stereocenters. The highest BCUT2D eigenvalue weighted by atomic mass is 19.1. The van der Waals surface area contributed by atoms with E-state index >= 15 is 0 Å². The van der Waals surface area contributed by atoms with Crippen LogP contribution in [0.3, 0.4) is 0 Å². The zero-order valence-corrected chi connectivity index (χ0v) is 9.55. The lowest BCUT2D eigenvalue weighted by Gasteiger charge is -2.24. The molecule has 1 aromatic heterocycles. The lowest BCUT2D eigenvalue weighted by molar-refractivity contribution is 0.608. The van der Waals surface area contributed by atoms with Crippen LogP contribution in [0.4, 0.5) is 4.39 Å². The summed E-state index contributed by atoms with van der Waals surface area (Å²) in [5.41, 5.74) is 4.10. The van der Waals surface area contributed by atoms with Crippen molar-refractivity contribution < 1.29 is 4.39 Å². The molecule has 0 N–H and O–H groups in total. The molecule has 0 aliphatic heterocycles. The third-order valence-electron chi connectivity index (χ3n) is 3.75. The van der Waals surface area contributed by atoms with Crippen LogP contribution in [0, 0.1) is 12.7 Å². The largest absolute Gasteiger partial charge is 0.256 e. The molecule has 0 saturated heterocycles. The summed E-state index contributed by atoms with van der Waals surface area (Å²) in [6.45, 7) is 4.10. The molecular formula is C14H14FN. The van der Waals surface area contributed by atoms with Gasteiger partial charge < -0.3 is 0 Å². The van der Waals surface area contributed by atoms with Crippen molar-refractivity contribution in [3.05, 3.63) is 40.8 Å². The van der Waals surface area contributed by atoms with Gasteiger partial charge in [0, 0.05) is 17.6 Å². The van der Waals surface area contributed by atoms with E-state index in [-0.39, 0.29) is 5.82 Å². The maximum atomic E-state index is 13.7. The molecule has 16 heavy (non-hydrogen) atoms. The normalized spacial score (nSPS) is 19.1. The first-order valence-corrected chi connectivity index (χ1v) is 5.75. The van der Waals surface area contributed by atoms with Crippen LogP contribution in [0.15, 0.2) is 18.3 Å². The number of aromatic nitrogens is 1. The van der Waals surface area contributed by atoms with E-state index in [9.17, 15) is 4.39 Å². The van der Waals surface area contributed by atoms with Crippen LogP contribution in [0.2, 0.25) is 0 Å². The molecule has 0 fully saturated rings. The quantitative estimate of drug-likeness (QED) is 0.652. The topological polar surface area (TPSA) is 12.9 Å². The maximum Gasteiger partial charge on any atom is 0.128 e. The highest BCUT2D eigenvalue weighted by Crippen LogP contribution is 2.37. The maximum absolute atomic E-state index is 13.7. The second-order valence-corrected chi connectivity index (χ2v) is 4.70. The van der Waals surface area contributed by atoms with Crippen molar-refractivity contribution in [2.75, 3.05) is 0 Å². The standard InChI is InChI=1S/C14H14FN/c1-8-3-4-11-9(2)12(15)7-13-14(11)10(8)5-6-16-13/h5-8H,3-4H2,1-2H3. The molecule has 0 saturated carbocycles. The fraction of sp³-hybridized carbons (Fsp3) is 0.357. The minimum atomic E-state index is -0.123. The lowest BCUT2D eigenvalue weighted by atomic mass is 9.82. The van der Waals surface area contributed by atoms with Gasteiger partial charge in [-0.3, -0.25) is 4.98 Å². The third-order valence-corrected chi connectivity index (χ3v) is 3.75. The predicted molar refractivity (Wildman–Crippen MR) is 63.2 cm³/mol. The number of aryl methyl sites for hydroxylation is 1. The number of rotatable bonds is 0. The number of benzene rings is 1. The van der Waals surface area contributed by atoms with Crippen LogP contribution in [0.1, 0.15) is 36.0 Å². The molecule has 1 aliphatic carbocycles. The molecule has 1 heterocycles. The second kappa shape index (κ2) is 3.27. The molecule has 1 unspecified atom stereocenters. The summed E-state index contributed by atoms with van der Waals surface area (Å²) in [4.78, 5) is 4.28. The second-order valence-electron chi connectivity index (χ2n) is 4.70. The van der Waals surface area contributed by atoms with E-state index in [1.54, 1.807) is 12.3 Å². The van der Waals surface area contributed by atoms with Gasteiger partial charge in [0.25, 0.3) is 0 Å². The Hall–Kier alpha value is -1.44. The molecule has 2 heteroatoms. The predicted octanol–water partition coefficient (Wildman–Crippen LogP) is 3.73. The minimum absolute atomic E-state index is 0.123. The highest BCUT2D eigenvalue weighted by molar-refractivity contribution is 5.88. The molecule has 1 aliphatic rings. The number of hydrogen-bond acceptors (Lipinski definition) is 1. The molecule has 0 radical (unpaired) electrons. The fourth-order valence-corrected chi connectivity index (χ4v) is 2.73. The average molecular weight is 215 g/mol. The van der Waals surface area contributed by atoms with Gasteiger partial charge in [-0.15, -0.1) is 0 Å². The van der Waals surface area contributed by atoms with Crippen molar-refractivity contribution in [1.29, 1.82) is 0 Å². The van der Waals surface area contributed by atoms with Gasteiger partial charge in [0.1, 0.15) is 5.82 Å². The Labute approximate surface area is 94.3 Å². The number of nitrogens with zero attached hydrogens (tertiary/aromatic N) is 1. The van der Waals surface area contributed by atoms with Crippen LogP contribution in [-0.2, 0) is 6.42 Å². The fourth-order valence-electron chi connectivity index (χ4n) is 2.73. The van der Waals surface area contributed by atoms with Gasteiger partial charge in [-0.2, -0.15) is 0 Å². The first-order valence-electron chi connectivity index (χ1n) is 5.75. The molecule has 1 nitrogen and oxygen atoms in total. The van der Waals surface area contributed by atoms with Crippen LogP contribution in [0.25, 0.3) is 10.9 Å². The molecule has 1 aromatic carbocycles. The summed E-state index contributed by atoms with van der Waals surface area (Å²) in [5, 5.41) is 1.19. The van der Waals surface area contributed by atoms with Gasteiger partial charge in [0.15, 0.2) is 0 Å². The van der Waals surface area contributed by atoms with Crippen LogP contribution in [0.5, 0.6) is 0 Å². The number of pyridine rings is 1. The minimum Gasteiger partial charge on any atom is -0.256 e. The average Bonchev–Trinajstić information content (AvgIpc) is 2.28. The van der Waals surface area contributed by atoms with Gasteiger partial charge in [-0.05, 0) is 48.4 Å². The van der Waals surface area contributed by atoms with Crippen molar-refractivity contribution in [2.45, 2.75) is 32.6 Å². The Morgan fingerprint density at radius 1 is 1.44 bits per heavy atom. The Morgan fingerprint density at radius 3 is 3.06 bits per heavy atom. The van der Waals surface area contributed by atoms with E-state index in [1.807, 2.05) is 6.92 Å². The van der Waals surface area contributed by atoms with Crippen LogP contribution < -0.4 is 0 Å². The van der Waals surface area contributed by atoms with Crippen LogP contribution >= 0.6 is 0 Å². The molecule has 0 bridgehead atoms. The molecule has 0 spiro atoms. The first kappa shape index (κ1) is 9.76. The van der Waals surface area contributed by atoms with Gasteiger partial charge in [0.2, 0.25) is 0 Å². The summed E-state index contributed by atoms with van der Waals surface area (Å²) in [6, 6.07) is 3.64. The smallest absolute Gasteiger partial charge is 0.128 e. The Bertz CT molecular complexity index is 574. The van der Waals surface area contributed by atoms with Gasteiger partial charge >= 0.3 is 0 Å². The summed E-state index contributed by atoms with van der Waals surface area (Å²) >= 11 is 0.